The number of benzene rings is 21. The number of aryl methyl sites for hydroxylation is 1. The SMILES string of the molecule is CCc1nc2ccccc2n1-c1ccc(-c2cccc(-c3nc4ccccc4c4ccc5c(c34)-c3ccccc3C5(c3ccccc3)c3ccccc3)c2)cc1.[C-]#[N+]c1ccc(-c2cccc(-c3nc4ccccc4c4ccc5c(c34)-c3ccccc3C5(c3ccccc3)c3ccccc3)c2)cc1.c1ccc(C2(c3ccccc3)c3ccccc3-c3c2ccc2c3c(-c3cccc(-c4ccccn4)c3)nc3ccccc32)cc1. The van der Waals surface area contributed by atoms with Gasteiger partial charge in [-0.2, -0.15) is 0 Å². The number of hydrogen-bond acceptors (Lipinski definition) is 5. The summed E-state index contributed by atoms with van der Waals surface area (Å²) in [6, 6.07) is 190. The van der Waals surface area contributed by atoms with Crippen LogP contribution in [0.15, 0.2) is 534 Å². The van der Waals surface area contributed by atoms with Gasteiger partial charge in [-0.1, -0.05) is 462 Å². The predicted octanol–water partition coefficient (Wildman–Crippen LogP) is 35.1. The van der Waals surface area contributed by atoms with Gasteiger partial charge in [0.05, 0.1) is 73.2 Å². The Hall–Kier alpha value is -19.3. The summed E-state index contributed by atoms with van der Waals surface area (Å²) in [6.45, 7) is 9.54. The van der Waals surface area contributed by atoms with Gasteiger partial charge in [0, 0.05) is 72.9 Å². The van der Waals surface area contributed by atoms with Crippen LogP contribution in [0, 0.1) is 6.57 Å². The normalized spacial score (nSPS) is 12.9. The zero-order chi connectivity index (χ0) is 98.4. The van der Waals surface area contributed by atoms with Crippen molar-refractivity contribution in [3.05, 3.63) is 618 Å². The first-order valence-corrected chi connectivity index (χ1v) is 50.8. The molecule has 5 aromatic heterocycles. The minimum Gasteiger partial charge on any atom is -0.296 e. The lowest BCUT2D eigenvalue weighted by Gasteiger charge is -2.34. The molecule has 5 heterocycles. The topological polar surface area (TPSA) is 73.7 Å². The summed E-state index contributed by atoms with van der Waals surface area (Å²) in [7, 11) is 0. The van der Waals surface area contributed by atoms with Gasteiger partial charge in [-0.3, -0.25) is 9.55 Å². The molecule has 0 amide bonds. The van der Waals surface area contributed by atoms with Crippen LogP contribution < -0.4 is 0 Å². The van der Waals surface area contributed by atoms with Crippen molar-refractivity contribution >= 4 is 81.7 Å². The smallest absolute Gasteiger partial charge is 0.187 e. The van der Waals surface area contributed by atoms with Gasteiger partial charge in [-0.15, -0.1) is 0 Å². The first-order chi connectivity index (χ1) is 73.3. The number of rotatable bonds is 14. The number of fused-ring (bicyclic) bond motifs is 22. The molecule has 0 radical (unpaired) electrons. The van der Waals surface area contributed by atoms with Crippen LogP contribution in [0.2, 0.25) is 0 Å². The second-order valence-corrected chi connectivity index (χ2v) is 38.6. The molecule has 692 valence electrons. The molecule has 0 bridgehead atoms. The average molecular weight is 1890 g/mol. The van der Waals surface area contributed by atoms with Crippen LogP contribution in [0.4, 0.5) is 5.69 Å². The molecule has 0 saturated heterocycles. The second-order valence-electron chi connectivity index (χ2n) is 38.6. The molecule has 3 aliphatic carbocycles. The largest absolute Gasteiger partial charge is 0.296 e. The zero-order valence-corrected chi connectivity index (χ0v) is 81.1. The van der Waals surface area contributed by atoms with Crippen LogP contribution in [0.3, 0.4) is 0 Å². The Balaban J connectivity index is 0.000000110. The van der Waals surface area contributed by atoms with E-state index in [-0.39, 0.29) is 0 Å². The van der Waals surface area contributed by atoms with Crippen molar-refractivity contribution in [2.75, 3.05) is 0 Å². The van der Waals surface area contributed by atoms with E-state index in [0.717, 1.165) is 129 Å². The maximum absolute atomic E-state index is 7.38. The van der Waals surface area contributed by atoms with Crippen molar-refractivity contribution in [2.24, 2.45) is 0 Å². The van der Waals surface area contributed by atoms with Gasteiger partial charge in [0.2, 0.25) is 0 Å². The lowest BCUT2D eigenvalue weighted by Crippen LogP contribution is -2.28. The number of para-hydroxylation sites is 5. The summed E-state index contributed by atoms with van der Waals surface area (Å²) < 4.78 is 2.28. The lowest BCUT2D eigenvalue weighted by molar-refractivity contribution is 0.769. The molecule has 29 rings (SSSR count). The monoisotopic (exact) mass is 1880 g/mol. The Morgan fingerprint density at radius 3 is 0.905 bits per heavy atom. The maximum atomic E-state index is 7.38. The van der Waals surface area contributed by atoms with Crippen molar-refractivity contribution in [2.45, 2.75) is 29.6 Å². The van der Waals surface area contributed by atoms with Crippen LogP contribution in [0.25, 0.3) is 187 Å². The van der Waals surface area contributed by atoms with Gasteiger partial charge < -0.3 is 0 Å². The fourth-order valence-electron chi connectivity index (χ4n) is 24.7. The third-order valence-electron chi connectivity index (χ3n) is 31.0. The fraction of sp³-hybridized carbons (Fsp3) is 0.0355. The Labute approximate surface area is 859 Å². The molecule has 3 aliphatic rings. The number of aromatic nitrogens is 6. The van der Waals surface area contributed by atoms with E-state index in [1.807, 2.05) is 42.6 Å². The van der Waals surface area contributed by atoms with E-state index >= 15 is 0 Å². The molecular formula is C141H93N7. The molecule has 0 N–H and O–H groups in total. The van der Waals surface area contributed by atoms with Crippen LogP contribution in [0.5, 0.6) is 0 Å². The van der Waals surface area contributed by atoms with E-state index in [1.165, 1.54) is 132 Å². The number of pyridine rings is 4. The molecule has 7 nitrogen and oxygen atoms in total. The summed E-state index contributed by atoms with van der Waals surface area (Å²) in [5.41, 5.74) is 40.9. The van der Waals surface area contributed by atoms with Crippen molar-refractivity contribution < 1.29 is 0 Å². The van der Waals surface area contributed by atoms with E-state index in [0.29, 0.717) is 5.69 Å². The van der Waals surface area contributed by atoms with E-state index in [9.17, 15) is 0 Å². The number of nitrogens with zero attached hydrogens (tertiary/aromatic N) is 7. The van der Waals surface area contributed by atoms with Crippen LogP contribution in [0.1, 0.15) is 79.5 Å². The Morgan fingerprint density at radius 1 is 0.236 bits per heavy atom. The molecule has 148 heavy (non-hydrogen) atoms. The van der Waals surface area contributed by atoms with Crippen LogP contribution in [-0.2, 0) is 22.7 Å². The van der Waals surface area contributed by atoms with Crippen molar-refractivity contribution in [1.29, 1.82) is 0 Å². The quantitative estimate of drug-likeness (QED) is 0.0801. The summed E-state index contributed by atoms with van der Waals surface area (Å²) in [4.78, 5) is 29.6. The molecule has 0 spiro atoms. The van der Waals surface area contributed by atoms with E-state index in [2.05, 4.69) is 513 Å². The molecular weight excluding hydrogens is 1790 g/mol. The molecule has 21 aromatic carbocycles. The Morgan fingerprint density at radius 2 is 0.547 bits per heavy atom. The summed E-state index contributed by atoms with van der Waals surface area (Å²) in [5.74, 6) is 1.06. The minimum absolute atomic E-state index is 0.471. The third kappa shape index (κ3) is 14.0. The predicted molar refractivity (Wildman–Crippen MR) is 610 cm³/mol. The average Bonchev–Trinajstić information content (AvgIpc) is 1.53. The standard InChI is InChI=1S/C53H37N3.C45H28N2.C43H28N2/c1-2-49-54-47-26-13-14-27-48(47)56(49)40-30-28-35(29-31-40)36-16-15-17-37(34-36)52-51-42(41-22-10-12-25-46(41)55-52)32-33-45-50(51)43-23-9-11-24-44(43)53(45,38-18-5-3-6-19-38)39-20-7-4-8-21-39;1-46-35-25-23-30(24-26-35)31-13-12-14-32(29-31)44-43-37(36-19-9-11-22-41(36)47-44)27-28-40-42(43)38-20-8-10-21-39(38)45(40,33-15-4-2-5-16-33)34-17-6-3-7-18-34;1-3-16-31(17-4-1)43(32-18-5-2-6-19-32)36-22-9-7-21-35(36)40-37(43)26-25-34-33-20-8-10-24-39(33)45-42(41(34)40)30-15-13-14-29(28-30)38-23-11-12-27-44-38/h3-34H,2H2,1H3;2-29H;1-28H. The zero-order valence-electron chi connectivity index (χ0n) is 81.1. The summed E-state index contributed by atoms with van der Waals surface area (Å²) in [6.07, 6.45) is 2.71. The van der Waals surface area contributed by atoms with Gasteiger partial charge >= 0.3 is 0 Å². The highest BCUT2D eigenvalue weighted by Gasteiger charge is 2.51. The molecule has 26 aromatic rings. The fourth-order valence-corrected chi connectivity index (χ4v) is 24.7. The molecule has 7 heteroatoms. The Bertz CT molecular complexity index is 9630. The minimum atomic E-state index is -0.493. The highest BCUT2D eigenvalue weighted by atomic mass is 15.1. The maximum Gasteiger partial charge on any atom is 0.187 e. The summed E-state index contributed by atoms with van der Waals surface area (Å²) in [5, 5.41) is 10.6. The van der Waals surface area contributed by atoms with Crippen LogP contribution in [-0.4, -0.2) is 29.5 Å². The highest BCUT2D eigenvalue weighted by molar-refractivity contribution is 6.22. The van der Waals surface area contributed by atoms with Crippen LogP contribution >= 0.6 is 0 Å². The summed E-state index contributed by atoms with van der Waals surface area (Å²) >= 11 is 0. The number of hydrogen-bond donors (Lipinski definition) is 0. The van der Waals surface area contributed by atoms with Crippen molar-refractivity contribution in [3.63, 3.8) is 0 Å². The van der Waals surface area contributed by atoms with Gasteiger partial charge in [0.25, 0.3) is 0 Å². The first-order valence-electron chi connectivity index (χ1n) is 50.8. The third-order valence-corrected chi connectivity index (χ3v) is 31.0. The van der Waals surface area contributed by atoms with E-state index < -0.39 is 16.2 Å². The second kappa shape index (κ2) is 36.3. The molecule has 0 fully saturated rings. The lowest BCUT2D eigenvalue weighted by atomic mass is 9.67. The van der Waals surface area contributed by atoms with Crippen molar-refractivity contribution in [1.82, 2.24) is 29.5 Å². The number of imidazole rings is 1. The van der Waals surface area contributed by atoms with Gasteiger partial charge in [-0.25, -0.2) is 24.8 Å². The van der Waals surface area contributed by atoms with E-state index in [1.54, 1.807) is 0 Å². The molecule has 0 saturated carbocycles. The molecule has 0 aliphatic heterocycles. The van der Waals surface area contributed by atoms with Gasteiger partial charge in [0.15, 0.2) is 5.69 Å². The van der Waals surface area contributed by atoms with E-state index in [4.69, 9.17) is 26.5 Å². The van der Waals surface area contributed by atoms with Gasteiger partial charge in [-0.05, 0) is 211 Å². The Kier molecular flexibility index (Phi) is 21.5. The van der Waals surface area contributed by atoms with Crippen molar-refractivity contribution in [3.8, 4) is 106 Å². The molecule has 0 unspecified atom stereocenters. The first kappa shape index (κ1) is 87.7. The highest BCUT2D eigenvalue weighted by Crippen LogP contribution is 2.64. The molecule has 0 atom stereocenters. The van der Waals surface area contributed by atoms with Gasteiger partial charge in [0.1, 0.15) is 5.82 Å².